The molecular weight excluding hydrogens is 428 g/mol. The molecule has 0 bridgehead atoms. The number of nitrogens with one attached hydrogen (secondary N) is 1. The first-order chi connectivity index (χ1) is 16.4. The maximum atomic E-state index is 12.3. The van der Waals surface area contributed by atoms with Crippen LogP contribution in [-0.2, 0) is 4.79 Å². The molecule has 2 N–H and O–H groups in total. The van der Waals surface area contributed by atoms with Gasteiger partial charge in [0, 0.05) is 30.7 Å². The number of methoxy groups -OCH3 is 1. The molecule has 0 radical (unpaired) electrons. The first-order valence-corrected chi connectivity index (χ1v) is 11.8. The van der Waals surface area contributed by atoms with Gasteiger partial charge < -0.3 is 15.2 Å². The van der Waals surface area contributed by atoms with Gasteiger partial charge in [-0.2, -0.15) is 0 Å². The molecule has 0 spiro atoms. The summed E-state index contributed by atoms with van der Waals surface area (Å²) in [5, 5.41) is 13.8. The van der Waals surface area contributed by atoms with Crippen molar-refractivity contribution in [2.75, 3.05) is 20.2 Å². The summed E-state index contributed by atoms with van der Waals surface area (Å²) in [5.41, 5.74) is 3.02. The van der Waals surface area contributed by atoms with Crippen molar-refractivity contribution in [3.8, 4) is 5.75 Å². The van der Waals surface area contributed by atoms with Gasteiger partial charge in [0.2, 0.25) is 0 Å². The molecule has 1 aliphatic rings. The second-order valence-corrected chi connectivity index (χ2v) is 9.22. The second kappa shape index (κ2) is 10.3. The Labute approximate surface area is 200 Å². The largest absolute Gasteiger partial charge is 0.497 e. The van der Waals surface area contributed by atoms with Crippen LogP contribution in [0.15, 0.2) is 60.7 Å². The van der Waals surface area contributed by atoms with Crippen LogP contribution in [0.25, 0.3) is 10.8 Å². The lowest BCUT2D eigenvalue weighted by atomic mass is 9.96. The molecule has 3 unspecified atom stereocenters. The minimum atomic E-state index is -0.926. The Morgan fingerprint density at radius 2 is 1.79 bits per heavy atom. The van der Waals surface area contributed by atoms with Gasteiger partial charge in [-0.3, -0.25) is 14.5 Å². The summed E-state index contributed by atoms with van der Waals surface area (Å²) in [6, 6.07) is 21.1. The van der Waals surface area contributed by atoms with Crippen LogP contribution in [0.3, 0.4) is 0 Å². The summed E-state index contributed by atoms with van der Waals surface area (Å²) >= 11 is 0. The monoisotopic (exact) mass is 460 g/mol. The number of carbonyl (C=O) groups excluding carboxylic acids is 1. The number of aliphatic carboxylic acids is 1. The third kappa shape index (κ3) is 5.23. The summed E-state index contributed by atoms with van der Waals surface area (Å²) in [6.07, 6.45) is 1.02. The number of carboxylic acid groups (broad SMARTS) is 1. The van der Waals surface area contributed by atoms with Crippen LogP contribution in [0.1, 0.15) is 60.3 Å². The molecule has 0 saturated carbocycles. The van der Waals surface area contributed by atoms with E-state index in [1.807, 2.05) is 30.3 Å². The maximum Gasteiger partial charge on any atom is 0.305 e. The van der Waals surface area contributed by atoms with Gasteiger partial charge in [-0.05, 0) is 71.5 Å². The topological polar surface area (TPSA) is 78.9 Å². The van der Waals surface area contributed by atoms with Crippen LogP contribution in [0.2, 0.25) is 0 Å². The number of hydrogen-bond acceptors (Lipinski definition) is 4. The van der Waals surface area contributed by atoms with E-state index >= 15 is 0 Å². The van der Waals surface area contributed by atoms with Crippen LogP contribution in [0, 0.1) is 5.92 Å². The van der Waals surface area contributed by atoms with E-state index in [0.717, 1.165) is 24.3 Å². The Hall–Kier alpha value is -3.38. The Bertz CT molecular complexity index is 1170. The highest BCUT2D eigenvalue weighted by molar-refractivity contribution is 5.94. The highest BCUT2D eigenvalue weighted by Crippen LogP contribution is 2.41. The average Bonchev–Trinajstić information content (AvgIpc) is 3.24. The maximum absolute atomic E-state index is 12.3. The highest BCUT2D eigenvalue weighted by Gasteiger charge is 2.34. The number of ether oxygens (including phenoxy) is 1. The van der Waals surface area contributed by atoms with Crippen molar-refractivity contribution in [2.24, 2.45) is 5.92 Å². The minimum absolute atomic E-state index is 0.0856. The number of hydrogen-bond donors (Lipinski definition) is 2. The Kier molecular flexibility index (Phi) is 7.17. The lowest BCUT2D eigenvalue weighted by molar-refractivity contribution is -0.136. The standard InChI is InChI=1S/C28H32N2O4/c1-18-14-26(24-9-8-23-16-25(34-3)11-10-22(23)15-24)30(17-18)19(2)20-4-6-21(7-5-20)28(33)29-13-12-27(31)32/h4-11,15-16,18-19,26H,12-14,17H2,1-3H3,(H,29,33)(H,31,32). The molecule has 4 rings (SSSR count). The fourth-order valence-electron chi connectivity index (χ4n) is 4.90. The van der Waals surface area contributed by atoms with Gasteiger partial charge in [0.25, 0.3) is 5.91 Å². The van der Waals surface area contributed by atoms with Gasteiger partial charge in [-0.15, -0.1) is 0 Å². The SMILES string of the molecule is COc1ccc2cc(C3CC(C)CN3C(C)c3ccc(C(=O)NCCC(=O)O)cc3)ccc2c1. The zero-order valence-corrected chi connectivity index (χ0v) is 20.0. The molecule has 3 aromatic carbocycles. The molecule has 1 fully saturated rings. The quantitative estimate of drug-likeness (QED) is 0.483. The number of carbonyl (C=O) groups is 2. The molecule has 34 heavy (non-hydrogen) atoms. The molecule has 0 aromatic heterocycles. The van der Waals surface area contributed by atoms with E-state index in [1.165, 1.54) is 16.3 Å². The van der Waals surface area contributed by atoms with E-state index < -0.39 is 5.97 Å². The van der Waals surface area contributed by atoms with Crippen LogP contribution >= 0.6 is 0 Å². The first-order valence-electron chi connectivity index (χ1n) is 11.8. The van der Waals surface area contributed by atoms with Crippen LogP contribution < -0.4 is 10.1 Å². The number of amides is 1. The molecule has 3 atom stereocenters. The summed E-state index contributed by atoms with van der Waals surface area (Å²) in [6.45, 7) is 5.66. The zero-order valence-electron chi connectivity index (χ0n) is 20.0. The fourth-order valence-corrected chi connectivity index (χ4v) is 4.90. The van der Waals surface area contributed by atoms with Gasteiger partial charge in [0.1, 0.15) is 5.75 Å². The number of nitrogens with zero attached hydrogens (tertiary/aromatic N) is 1. The van der Waals surface area contributed by atoms with Crippen LogP contribution in [-0.4, -0.2) is 42.1 Å². The first kappa shape index (κ1) is 23.8. The van der Waals surface area contributed by atoms with Gasteiger partial charge in [0.15, 0.2) is 0 Å². The van der Waals surface area contributed by atoms with Crippen molar-refractivity contribution in [1.82, 2.24) is 10.2 Å². The van der Waals surface area contributed by atoms with Crippen LogP contribution in [0.4, 0.5) is 0 Å². The lowest BCUT2D eigenvalue weighted by Gasteiger charge is -2.31. The van der Waals surface area contributed by atoms with Gasteiger partial charge >= 0.3 is 5.97 Å². The molecule has 0 aliphatic carbocycles. The molecule has 178 valence electrons. The third-order valence-electron chi connectivity index (χ3n) is 6.78. The number of fused-ring (bicyclic) bond motifs is 1. The highest BCUT2D eigenvalue weighted by atomic mass is 16.5. The van der Waals surface area contributed by atoms with E-state index in [0.29, 0.717) is 17.5 Å². The van der Waals surface area contributed by atoms with Crippen molar-refractivity contribution in [3.63, 3.8) is 0 Å². The number of likely N-dealkylation sites (tertiary alicyclic amines) is 1. The van der Waals surface area contributed by atoms with Gasteiger partial charge in [0.05, 0.1) is 13.5 Å². The third-order valence-corrected chi connectivity index (χ3v) is 6.78. The van der Waals surface area contributed by atoms with E-state index in [2.05, 4.69) is 54.4 Å². The van der Waals surface area contributed by atoms with Gasteiger partial charge in [-0.25, -0.2) is 0 Å². The average molecular weight is 461 g/mol. The lowest BCUT2D eigenvalue weighted by Crippen LogP contribution is -2.28. The summed E-state index contributed by atoms with van der Waals surface area (Å²) in [5.74, 6) is 0.285. The second-order valence-electron chi connectivity index (χ2n) is 9.22. The predicted octanol–water partition coefficient (Wildman–Crippen LogP) is 5.20. The summed E-state index contributed by atoms with van der Waals surface area (Å²) in [4.78, 5) is 25.5. The Morgan fingerprint density at radius 3 is 2.50 bits per heavy atom. The van der Waals surface area contributed by atoms with Crippen LogP contribution in [0.5, 0.6) is 5.75 Å². The van der Waals surface area contributed by atoms with Crippen molar-refractivity contribution in [2.45, 2.75) is 38.8 Å². The number of benzene rings is 3. The number of carboxylic acids is 1. The number of rotatable bonds is 8. The van der Waals surface area contributed by atoms with Gasteiger partial charge in [-0.1, -0.05) is 37.3 Å². The van der Waals surface area contributed by atoms with Crippen molar-refractivity contribution in [1.29, 1.82) is 0 Å². The van der Waals surface area contributed by atoms with Crippen molar-refractivity contribution < 1.29 is 19.4 Å². The fraction of sp³-hybridized carbons (Fsp3) is 0.357. The zero-order chi connectivity index (χ0) is 24.2. The molecule has 6 nitrogen and oxygen atoms in total. The molecule has 1 amide bonds. The van der Waals surface area contributed by atoms with Crippen molar-refractivity contribution in [3.05, 3.63) is 77.4 Å². The van der Waals surface area contributed by atoms with Crippen molar-refractivity contribution >= 4 is 22.6 Å². The molecule has 1 heterocycles. The normalized spacial score (nSPS) is 19.1. The van der Waals surface area contributed by atoms with E-state index in [1.54, 1.807) is 7.11 Å². The van der Waals surface area contributed by atoms with E-state index in [9.17, 15) is 9.59 Å². The minimum Gasteiger partial charge on any atom is -0.497 e. The molecule has 1 saturated heterocycles. The molecular formula is C28H32N2O4. The molecule has 3 aromatic rings. The smallest absolute Gasteiger partial charge is 0.305 e. The van der Waals surface area contributed by atoms with E-state index in [4.69, 9.17) is 9.84 Å². The Balaban J connectivity index is 1.50. The molecule has 6 heteroatoms. The summed E-state index contributed by atoms with van der Waals surface area (Å²) < 4.78 is 5.36. The van der Waals surface area contributed by atoms with E-state index in [-0.39, 0.29) is 24.9 Å². The molecule has 1 aliphatic heterocycles. The summed E-state index contributed by atoms with van der Waals surface area (Å²) in [7, 11) is 1.69. The Morgan fingerprint density at radius 1 is 1.09 bits per heavy atom. The predicted molar refractivity (Wildman–Crippen MR) is 133 cm³/mol.